The predicted octanol–water partition coefficient (Wildman–Crippen LogP) is 1.51. The number of halogens is 1. The van der Waals surface area contributed by atoms with Gasteiger partial charge >= 0.3 is 0 Å². The lowest BCUT2D eigenvalue weighted by atomic mass is 10.0. The fraction of sp³-hybridized carbons (Fsp3) is 0.455. The first-order valence-corrected chi connectivity index (χ1v) is 4.88. The van der Waals surface area contributed by atoms with E-state index in [1.165, 1.54) is 0 Å². The number of aliphatic hydroxyl groups is 1. The molecule has 2 rings (SSSR count). The summed E-state index contributed by atoms with van der Waals surface area (Å²) in [5.74, 6) is 0.803. The summed E-state index contributed by atoms with van der Waals surface area (Å²) in [6.07, 6.45) is 0.277. The van der Waals surface area contributed by atoms with Gasteiger partial charge in [-0.2, -0.15) is 0 Å². The number of hydrogen-bond donors (Lipinski definition) is 2. The largest absolute Gasteiger partial charge is 0.492 e. The van der Waals surface area contributed by atoms with Gasteiger partial charge in [0.25, 0.3) is 0 Å². The van der Waals surface area contributed by atoms with Gasteiger partial charge in [-0.15, -0.1) is 12.4 Å². The summed E-state index contributed by atoms with van der Waals surface area (Å²) in [6, 6.07) is 7.88. The Balaban J connectivity index is 0.00000112. The van der Waals surface area contributed by atoms with E-state index < -0.39 is 6.10 Å². The van der Waals surface area contributed by atoms with Crippen LogP contribution in [-0.2, 0) is 0 Å². The second-order valence-corrected chi connectivity index (χ2v) is 3.59. The van der Waals surface area contributed by atoms with Crippen LogP contribution in [0.2, 0.25) is 0 Å². The summed E-state index contributed by atoms with van der Waals surface area (Å²) >= 11 is 0. The van der Waals surface area contributed by atoms with Crippen molar-refractivity contribution in [2.45, 2.75) is 18.6 Å². The van der Waals surface area contributed by atoms with Crippen LogP contribution in [-0.4, -0.2) is 24.8 Å². The maximum absolute atomic E-state index is 9.92. The molecule has 0 radical (unpaired) electrons. The first-order valence-electron chi connectivity index (χ1n) is 4.88. The maximum atomic E-state index is 9.92. The molecule has 1 aromatic rings. The number of hydrogen-bond acceptors (Lipinski definition) is 3. The van der Waals surface area contributed by atoms with E-state index in [1.807, 2.05) is 31.3 Å². The van der Waals surface area contributed by atoms with Crippen LogP contribution < -0.4 is 10.1 Å². The minimum Gasteiger partial charge on any atom is -0.492 e. The molecule has 84 valence electrons. The van der Waals surface area contributed by atoms with E-state index >= 15 is 0 Å². The summed E-state index contributed by atoms with van der Waals surface area (Å²) in [7, 11) is 1.89. The van der Waals surface area contributed by atoms with E-state index in [2.05, 4.69) is 5.32 Å². The Bertz CT molecular complexity index is 319. The highest BCUT2D eigenvalue weighted by Crippen LogP contribution is 2.30. The Hall–Kier alpha value is -0.770. The zero-order chi connectivity index (χ0) is 9.97. The Kier molecular flexibility index (Phi) is 4.39. The summed E-state index contributed by atoms with van der Waals surface area (Å²) < 4.78 is 5.60. The molecule has 1 heterocycles. The Morgan fingerprint density at radius 2 is 2.13 bits per heavy atom. The molecule has 2 atom stereocenters. The fourth-order valence-electron chi connectivity index (χ4n) is 1.74. The second kappa shape index (κ2) is 5.35. The summed E-state index contributed by atoms with van der Waals surface area (Å²) in [4.78, 5) is 0. The van der Waals surface area contributed by atoms with Gasteiger partial charge in [0, 0.05) is 11.6 Å². The third kappa shape index (κ3) is 2.62. The van der Waals surface area contributed by atoms with Crippen molar-refractivity contribution in [1.29, 1.82) is 0 Å². The summed E-state index contributed by atoms with van der Waals surface area (Å²) in [6.45, 7) is 0.616. The Labute approximate surface area is 95.9 Å². The Morgan fingerprint density at radius 1 is 1.40 bits per heavy atom. The number of aliphatic hydroxyl groups excluding tert-OH is 1. The average molecular weight is 230 g/mol. The van der Waals surface area contributed by atoms with Gasteiger partial charge in [-0.25, -0.2) is 0 Å². The number of likely N-dealkylation sites (N-methyl/N-ethyl adjacent to an activating group) is 1. The van der Waals surface area contributed by atoms with Crippen molar-refractivity contribution < 1.29 is 9.84 Å². The maximum Gasteiger partial charge on any atom is 0.125 e. The van der Waals surface area contributed by atoms with Gasteiger partial charge in [0.2, 0.25) is 0 Å². The molecule has 0 fully saturated rings. The summed E-state index contributed by atoms with van der Waals surface area (Å²) in [5.41, 5.74) is 0.894. The van der Waals surface area contributed by atoms with Gasteiger partial charge in [0.15, 0.2) is 0 Å². The van der Waals surface area contributed by atoms with Crippen LogP contribution in [0.1, 0.15) is 18.1 Å². The molecule has 0 saturated heterocycles. The normalized spacial score (nSPS) is 24.4. The molecule has 15 heavy (non-hydrogen) atoms. The van der Waals surface area contributed by atoms with Crippen molar-refractivity contribution >= 4 is 12.4 Å². The zero-order valence-electron chi connectivity index (χ0n) is 8.64. The molecule has 0 amide bonds. The van der Waals surface area contributed by atoms with E-state index in [4.69, 9.17) is 4.74 Å². The molecule has 2 N–H and O–H groups in total. The molecule has 0 saturated carbocycles. The van der Waals surface area contributed by atoms with Crippen LogP contribution in [0.3, 0.4) is 0 Å². The van der Waals surface area contributed by atoms with E-state index in [9.17, 15) is 5.11 Å². The molecule has 1 aliphatic heterocycles. The predicted molar refractivity (Wildman–Crippen MR) is 61.6 cm³/mol. The van der Waals surface area contributed by atoms with Crippen molar-refractivity contribution in [2.24, 2.45) is 0 Å². The highest BCUT2D eigenvalue weighted by Gasteiger charge is 2.22. The quantitative estimate of drug-likeness (QED) is 0.767. The second-order valence-electron chi connectivity index (χ2n) is 3.59. The standard InChI is InChI=1S/C11H15NO2.ClH/c1-12-8-6-10(13)9-4-2-3-5-11(9)14-7-8;/h2-5,8,10,12-13H,6-7H2,1H3;1H/t8-,10-;/m1./s1. The monoisotopic (exact) mass is 229 g/mol. The number of benzene rings is 1. The number of para-hydroxylation sites is 1. The van der Waals surface area contributed by atoms with Gasteiger partial charge in [-0.3, -0.25) is 0 Å². The first-order chi connectivity index (χ1) is 6.81. The minimum atomic E-state index is -0.425. The van der Waals surface area contributed by atoms with Gasteiger partial charge in [0.1, 0.15) is 12.4 Å². The molecule has 0 unspecified atom stereocenters. The van der Waals surface area contributed by atoms with Crippen molar-refractivity contribution in [2.75, 3.05) is 13.7 Å². The molecule has 0 bridgehead atoms. The third-order valence-corrected chi connectivity index (χ3v) is 2.63. The highest BCUT2D eigenvalue weighted by atomic mass is 35.5. The van der Waals surface area contributed by atoms with Gasteiger partial charge in [0.05, 0.1) is 6.10 Å². The van der Waals surface area contributed by atoms with Crippen LogP contribution >= 0.6 is 12.4 Å². The molecular weight excluding hydrogens is 214 g/mol. The van der Waals surface area contributed by atoms with Crippen molar-refractivity contribution in [3.05, 3.63) is 29.8 Å². The van der Waals surface area contributed by atoms with Crippen molar-refractivity contribution in [3.63, 3.8) is 0 Å². The fourth-order valence-corrected chi connectivity index (χ4v) is 1.74. The van der Waals surface area contributed by atoms with Crippen LogP contribution in [0.5, 0.6) is 5.75 Å². The first kappa shape index (κ1) is 12.3. The molecule has 0 aromatic heterocycles. The lowest BCUT2D eigenvalue weighted by molar-refractivity contribution is 0.153. The Morgan fingerprint density at radius 3 is 2.87 bits per heavy atom. The highest BCUT2D eigenvalue weighted by molar-refractivity contribution is 5.85. The van der Waals surface area contributed by atoms with Crippen LogP contribution in [0.4, 0.5) is 0 Å². The zero-order valence-corrected chi connectivity index (χ0v) is 9.46. The van der Waals surface area contributed by atoms with E-state index in [0.29, 0.717) is 13.0 Å². The number of rotatable bonds is 1. The summed E-state index contributed by atoms with van der Waals surface area (Å²) in [5, 5.41) is 13.0. The number of nitrogens with one attached hydrogen (secondary N) is 1. The lowest BCUT2D eigenvalue weighted by Gasteiger charge is -2.14. The lowest BCUT2D eigenvalue weighted by Crippen LogP contribution is -2.31. The number of ether oxygens (including phenoxy) is 1. The van der Waals surface area contributed by atoms with Crippen molar-refractivity contribution in [3.8, 4) is 5.75 Å². The molecule has 0 aliphatic carbocycles. The molecule has 4 heteroatoms. The average Bonchev–Trinajstić information content (AvgIpc) is 2.39. The van der Waals surface area contributed by atoms with Crippen LogP contribution in [0.15, 0.2) is 24.3 Å². The third-order valence-electron chi connectivity index (χ3n) is 2.63. The smallest absolute Gasteiger partial charge is 0.125 e. The topological polar surface area (TPSA) is 41.5 Å². The number of fused-ring (bicyclic) bond motifs is 1. The minimum absolute atomic E-state index is 0. The van der Waals surface area contributed by atoms with Gasteiger partial charge in [-0.1, -0.05) is 18.2 Å². The molecular formula is C11H16ClNO2. The molecule has 0 spiro atoms. The molecule has 1 aliphatic rings. The molecule has 3 nitrogen and oxygen atoms in total. The SMILES string of the molecule is CN[C@H]1COc2ccccc2[C@H](O)C1.Cl. The van der Waals surface area contributed by atoms with Crippen molar-refractivity contribution in [1.82, 2.24) is 5.32 Å². The van der Waals surface area contributed by atoms with Crippen LogP contribution in [0, 0.1) is 0 Å². The van der Waals surface area contributed by atoms with Gasteiger partial charge in [-0.05, 0) is 19.5 Å². The van der Waals surface area contributed by atoms with E-state index in [-0.39, 0.29) is 18.4 Å². The molecule has 1 aromatic carbocycles. The van der Waals surface area contributed by atoms with E-state index in [1.54, 1.807) is 0 Å². The van der Waals surface area contributed by atoms with Gasteiger partial charge < -0.3 is 15.2 Å². The van der Waals surface area contributed by atoms with E-state index in [0.717, 1.165) is 11.3 Å². The van der Waals surface area contributed by atoms with Crippen LogP contribution in [0.25, 0.3) is 0 Å².